The first kappa shape index (κ1) is 15.9. The summed E-state index contributed by atoms with van der Waals surface area (Å²) in [7, 11) is 1.83. The van der Waals surface area contributed by atoms with Crippen LogP contribution in [-0.2, 0) is 4.79 Å². The summed E-state index contributed by atoms with van der Waals surface area (Å²) in [6, 6.07) is 1.33. The Bertz CT molecular complexity index is 562. The van der Waals surface area contributed by atoms with E-state index in [0.717, 1.165) is 31.7 Å². The number of carboxylic acids is 1. The number of aromatic nitrogens is 2. The lowest BCUT2D eigenvalue weighted by atomic mass is 10.1. The molecule has 8 nitrogen and oxygen atoms in total. The molecule has 0 spiro atoms. The number of carboxylic acid groups (broad SMARTS) is 1. The van der Waals surface area contributed by atoms with Gasteiger partial charge in [-0.2, -0.15) is 4.98 Å². The normalized spacial score (nSPS) is 24.0. The van der Waals surface area contributed by atoms with Gasteiger partial charge in [0.2, 0.25) is 5.95 Å². The third-order valence-corrected chi connectivity index (χ3v) is 4.63. The maximum atomic E-state index is 11.3. The lowest BCUT2D eigenvalue weighted by Gasteiger charge is -2.37. The highest BCUT2D eigenvalue weighted by atomic mass is 16.4. The predicted molar refractivity (Wildman–Crippen MR) is 85.8 cm³/mol. The predicted octanol–water partition coefficient (Wildman–Crippen LogP) is -0.357. The summed E-state index contributed by atoms with van der Waals surface area (Å²) in [5, 5.41) is 18.9. The van der Waals surface area contributed by atoms with E-state index >= 15 is 0 Å². The maximum absolute atomic E-state index is 11.3. The zero-order valence-corrected chi connectivity index (χ0v) is 13.3. The molecule has 8 heteroatoms. The molecule has 3 rings (SSSR count). The Kier molecular flexibility index (Phi) is 4.63. The standard InChI is InChI=1S/C15H23N5O3/c1-18-8-9-20(10-12(18)14(22)23)15-16-5-2-13(17-15)19-6-3-11(21)4-7-19/h2,5,11-12,21H,3-4,6-10H2,1H3,(H,22,23). The van der Waals surface area contributed by atoms with Gasteiger partial charge >= 0.3 is 5.97 Å². The van der Waals surface area contributed by atoms with Crippen LogP contribution in [0, 0.1) is 0 Å². The summed E-state index contributed by atoms with van der Waals surface area (Å²) in [6.45, 7) is 3.31. The number of carbonyl (C=O) groups is 1. The number of hydrogen-bond acceptors (Lipinski definition) is 7. The van der Waals surface area contributed by atoms with Crippen molar-refractivity contribution in [2.75, 3.05) is 49.6 Å². The minimum Gasteiger partial charge on any atom is -0.480 e. The number of nitrogens with zero attached hydrogens (tertiary/aromatic N) is 5. The van der Waals surface area contributed by atoms with Gasteiger partial charge < -0.3 is 20.0 Å². The Balaban J connectivity index is 1.73. The van der Waals surface area contributed by atoms with E-state index in [-0.39, 0.29) is 6.10 Å². The molecule has 2 aliphatic heterocycles. The van der Waals surface area contributed by atoms with Crippen molar-refractivity contribution in [3.63, 3.8) is 0 Å². The molecule has 126 valence electrons. The van der Waals surface area contributed by atoms with E-state index in [0.29, 0.717) is 25.6 Å². The molecule has 0 saturated carbocycles. The van der Waals surface area contributed by atoms with E-state index < -0.39 is 12.0 Å². The van der Waals surface area contributed by atoms with E-state index in [1.807, 2.05) is 22.9 Å². The molecule has 3 heterocycles. The van der Waals surface area contributed by atoms with Gasteiger partial charge in [0, 0.05) is 38.9 Å². The largest absolute Gasteiger partial charge is 0.480 e. The van der Waals surface area contributed by atoms with Crippen LogP contribution in [0.15, 0.2) is 12.3 Å². The number of hydrogen-bond donors (Lipinski definition) is 2. The number of likely N-dealkylation sites (N-methyl/N-ethyl adjacent to an activating group) is 1. The molecule has 0 bridgehead atoms. The molecule has 1 aromatic heterocycles. The molecular weight excluding hydrogens is 298 g/mol. The average molecular weight is 321 g/mol. The summed E-state index contributed by atoms with van der Waals surface area (Å²) in [5.41, 5.74) is 0. The Hall–Kier alpha value is -1.93. The van der Waals surface area contributed by atoms with Crippen molar-refractivity contribution in [3.8, 4) is 0 Å². The van der Waals surface area contributed by atoms with Crippen LogP contribution >= 0.6 is 0 Å². The molecule has 0 aromatic carbocycles. The number of aliphatic carboxylic acids is 1. The van der Waals surface area contributed by atoms with Crippen molar-refractivity contribution in [2.24, 2.45) is 0 Å². The Morgan fingerprint density at radius 1 is 1.22 bits per heavy atom. The SMILES string of the molecule is CN1CCN(c2nccc(N3CCC(O)CC3)n2)CC1C(=O)O. The molecule has 2 fully saturated rings. The van der Waals surface area contributed by atoms with Crippen LogP contribution in [0.2, 0.25) is 0 Å². The highest BCUT2D eigenvalue weighted by molar-refractivity contribution is 5.74. The Labute approximate surface area is 135 Å². The van der Waals surface area contributed by atoms with Gasteiger partial charge in [-0.1, -0.05) is 0 Å². The number of aliphatic hydroxyl groups excluding tert-OH is 1. The number of piperidine rings is 1. The minimum absolute atomic E-state index is 0.221. The van der Waals surface area contributed by atoms with Crippen LogP contribution in [0.4, 0.5) is 11.8 Å². The fourth-order valence-electron chi connectivity index (χ4n) is 3.08. The van der Waals surface area contributed by atoms with Crippen molar-refractivity contribution in [1.29, 1.82) is 0 Å². The third kappa shape index (κ3) is 3.53. The number of aliphatic hydroxyl groups is 1. The first-order chi connectivity index (χ1) is 11.0. The zero-order valence-electron chi connectivity index (χ0n) is 13.3. The maximum Gasteiger partial charge on any atom is 0.322 e. The molecule has 23 heavy (non-hydrogen) atoms. The molecule has 0 aliphatic carbocycles. The number of rotatable bonds is 3. The lowest BCUT2D eigenvalue weighted by Crippen LogP contribution is -2.55. The topological polar surface area (TPSA) is 93.0 Å². The second kappa shape index (κ2) is 6.67. The second-order valence-corrected chi connectivity index (χ2v) is 6.21. The fourth-order valence-corrected chi connectivity index (χ4v) is 3.08. The molecule has 0 amide bonds. The molecule has 1 unspecified atom stereocenters. The third-order valence-electron chi connectivity index (χ3n) is 4.63. The van der Waals surface area contributed by atoms with Gasteiger partial charge in [-0.15, -0.1) is 0 Å². The number of piperazine rings is 1. The van der Waals surface area contributed by atoms with Crippen molar-refractivity contribution < 1.29 is 15.0 Å². The van der Waals surface area contributed by atoms with Crippen LogP contribution in [0.3, 0.4) is 0 Å². The highest BCUT2D eigenvalue weighted by Gasteiger charge is 2.31. The van der Waals surface area contributed by atoms with Crippen molar-refractivity contribution in [1.82, 2.24) is 14.9 Å². The second-order valence-electron chi connectivity index (χ2n) is 6.21. The molecule has 2 N–H and O–H groups in total. The zero-order chi connectivity index (χ0) is 16.4. The van der Waals surface area contributed by atoms with Crippen molar-refractivity contribution in [3.05, 3.63) is 12.3 Å². The molecule has 2 saturated heterocycles. The van der Waals surface area contributed by atoms with Crippen LogP contribution in [0.25, 0.3) is 0 Å². The summed E-state index contributed by atoms with van der Waals surface area (Å²) >= 11 is 0. The van der Waals surface area contributed by atoms with Gasteiger partial charge in [0.1, 0.15) is 11.9 Å². The first-order valence-electron chi connectivity index (χ1n) is 7.98. The Morgan fingerprint density at radius 2 is 1.96 bits per heavy atom. The molecule has 1 atom stereocenters. The minimum atomic E-state index is -0.821. The van der Waals surface area contributed by atoms with E-state index in [4.69, 9.17) is 0 Å². The van der Waals surface area contributed by atoms with Crippen LogP contribution in [-0.4, -0.2) is 83.0 Å². The van der Waals surface area contributed by atoms with Gasteiger partial charge in [0.15, 0.2) is 0 Å². The van der Waals surface area contributed by atoms with Crippen molar-refractivity contribution in [2.45, 2.75) is 25.0 Å². The summed E-state index contributed by atoms with van der Waals surface area (Å²) < 4.78 is 0. The van der Waals surface area contributed by atoms with Crippen LogP contribution in [0.1, 0.15) is 12.8 Å². The van der Waals surface area contributed by atoms with Gasteiger partial charge in [0.05, 0.1) is 6.10 Å². The van der Waals surface area contributed by atoms with E-state index in [2.05, 4.69) is 14.9 Å². The quantitative estimate of drug-likeness (QED) is 0.780. The molecule has 2 aliphatic rings. The molecule has 1 aromatic rings. The lowest BCUT2D eigenvalue weighted by molar-refractivity contribution is -0.142. The van der Waals surface area contributed by atoms with Crippen LogP contribution in [0.5, 0.6) is 0 Å². The molecule has 0 radical (unpaired) electrons. The summed E-state index contributed by atoms with van der Waals surface area (Å²) in [4.78, 5) is 26.2. The van der Waals surface area contributed by atoms with E-state index in [1.54, 1.807) is 6.20 Å². The smallest absolute Gasteiger partial charge is 0.322 e. The fraction of sp³-hybridized carbons (Fsp3) is 0.667. The summed E-state index contributed by atoms with van der Waals surface area (Å²) in [6.07, 6.45) is 2.99. The van der Waals surface area contributed by atoms with Crippen molar-refractivity contribution >= 4 is 17.7 Å². The summed E-state index contributed by atoms with van der Waals surface area (Å²) in [5.74, 6) is 0.596. The first-order valence-corrected chi connectivity index (χ1v) is 7.98. The van der Waals surface area contributed by atoms with Gasteiger partial charge in [-0.25, -0.2) is 4.98 Å². The van der Waals surface area contributed by atoms with Gasteiger partial charge in [-0.3, -0.25) is 9.69 Å². The highest BCUT2D eigenvalue weighted by Crippen LogP contribution is 2.21. The van der Waals surface area contributed by atoms with E-state index in [9.17, 15) is 15.0 Å². The van der Waals surface area contributed by atoms with Gasteiger partial charge in [0.25, 0.3) is 0 Å². The van der Waals surface area contributed by atoms with Crippen LogP contribution < -0.4 is 9.80 Å². The average Bonchev–Trinajstić information content (AvgIpc) is 2.56. The van der Waals surface area contributed by atoms with Gasteiger partial charge in [-0.05, 0) is 26.0 Å². The number of anilines is 2. The van der Waals surface area contributed by atoms with E-state index in [1.165, 1.54) is 0 Å². The molecular formula is C15H23N5O3. The Morgan fingerprint density at radius 3 is 2.65 bits per heavy atom. The monoisotopic (exact) mass is 321 g/mol.